The van der Waals surface area contributed by atoms with E-state index in [9.17, 15) is 9.59 Å². The van der Waals surface area contributed by atoms with Gasteiger partial charge >= 0.3 is 0 Å². The highest BCUT2D eigenvalue weighted by Gasteiger charge is 2.43. The van der Waals surface area contributed by atoms with E-state index in [1.807, 2.05) is 13.8 Å². The summed E-state index contributed by atoms with van der Waals surface area (Å²) < 4.78 is 0. The molecule has 96 valence electrons. The van der Waals surface area contributed by atoms with Gasteiger partial charge < -0.3 is 5.32 Å². The molecule has 2 amide bonds. The van der Waals surface area contributed by atoms with Gasteiger partial charge in [-0.05, 0) is 31.6 Å². The minimum Gasteiger partial charge on any atom is -0.305 e. The van der Waals surface area contributed by atoms with Crippen LogP contribution >= 0.6 is 0 Å². The Bertz CT molecular complexity index is 336. The summed E-state index contributed by atoms with van der Waals surface area (Å²) in [6.07, 6.45) is 3.61. The van der Waals surface area contributed by atoms with Crippen molar-refractivity contribution in [3.63, 3.8) is 0 Å². The lowest BCUT2D eigenvalue weighted by atomic mass is 10.1. The summed E-state index contributed by atoms with van der Waals surface area (Å²) in [4.78, 5) is 25.3. The zero-order valence-electron chi connectivity index (χ0n) is 11.0. The molecule has 2 fully saturated rings. The molecule has 0 aromatic carbocycles. The topological polar surface area (TPSA) is 49.4 Å². The second kappa shape index (κ2) is 4.41. The van der Waals surface area contributed by atoms with Gasteiger partial charge in [0.15, 0.2) is 0 Å². The van der Waals surface area contributed by atoms with E-state index in [-0.39, 0.29) is 23.9 Å². The van der Waals surface area contributed by atoms with E-state index in [2.05, 4.69) is 12.2 Å². The number of hydrogen-bond acceptors (Lipinski definition) is 3. The summed E-state index contributed by atoms with van der Waals surface area (Å²) >= 11 is 0. The van der Waals surface area contributed by atoms with Crippen LogP contribution in [0, 0.1) is 5.41 Å². The number of hydrogen-bond donors (Lipinski definition) is 1. The van der Waals surface area contributed by atoms with Gasteiger partial charge in [-0.1, -0.05) is 13.8 Å². The van der Waals surface area contributed by atoms with E-state index < -0.39 is 0 Å². The number of nitrogens with one attached hydrogen (secondary N) is 1. The number of rotatable bonds is 5. The second-order valence-electron chi connectivity index (χ2n) is 5.81. The first-order valence-corrected chi connectivity index (χ1v) is 6.56. The summed E-state index contributed by atoms with van der Waals surface area (Å²) in [6, 6.07) is -0.257. The molecule has 17 heavy (non-hydrogen) atoms. The Kier molecular flexibility index (Phi) is 3.25. The van der Waals surface area contributed by atoms with Crippen molar-refractivity contribution in [2.24, 2.45) is 5.41 Å². The molecule has 1 N–H and O–H groups in total. The van der Waals surface area contributed by atoms with Gasteiger partial charge in [0.1, 0.15) is 0 Å². The van der Waals surface area contributed by atoms with Crippen molar-refractivity contribution in [1.29, 1.82) is 0 Å². The Hall–Kier alpha value is -0.900. The molecule has 1 aliphatic carbocycles. The third-order valence-corrected chi connectivity index (χ3v) is 4.09. The second-order valence-corrected chi connectivity index (χ2v) is 5.81. The molecule has 0 aromatic heterocycles. The van der Waals surface area contributed by atoms with Crippen molar-refractivity contribution in [2.75, 3.05) is 6.54 Å². The quantitative estimate of drug-likeness (QED) is 0.735. The fraction of sp³-hybridized carbons (Fsp3) is 0.846. The van der Waals surface area contributed by atoms with Crippen LogP contribution in [0.4, 0.5) is 0 Å². The molecule has 2 aliphatic rings. The van der Waals surface area contributed by atoms with E-state index in [1.165, 1.54) is 17.7 Å². The van der Waals surface area contributed by atoms with Crippen LogP contribution in [0.1, 0.15) is 46.5 Å². The van der Waals surface area contributed by atoms with E-state index in [0.717, 1.165) is 13.0 Å². The Morgan fingerprint density at radius 3 is 2.65 bits per heavy atom. The van der Waals surface area contributed by atoms with Crippen LogP contribution in [0.5, 0.6) is 0 Å². The molecule has 2 unspecified atom stereocenters. The molecule has 0 radical (unpaired) electrons. The Morgan fingerprint density at radius 2 is 2.12 bits per heavy atom. The summed E-state index contributed by atoms with van der Waals surface area (Å²) in [5, 5.41) is 3.26. The summed E-state index contributed by atoms with van der Waals surface area (Å²) in [6.45, 7) is 7.00. The lowest BCUT2D eigenvalue weighted by Crippen LogP contribution is -2.43. The Morgan fingerprint density at radius 1 is 1.47 bits per heavy atom. The molecule has 0 bridgehead atoms. The third kappa shape index (κ3) is 2.51. The molecule has 0 spiro atoms. The highest BCUT2D eigenvalue weighted by atomic mass is 16.2. The smallest absolute Gasteiger partial charge is 0.247 e. The van der Waals surface area contributed by atoms with Gasteiger partial charge in [0.2, 0.25) is 11.8 Å². The van der Waals surface area contributed by atoms with Crippen molar-refractivity contribution in [3.05, 3.63) is 0 Å². The highest BCUT2D eigenvalue weighted by Crippen LogP contribution is 2.44. The van der Waals surface area contributed by atoms with Gasteiger partial charge in [-0.15, -0.1) is 0 Å². The van der Waals surface area contributed by atoms with Crippen LogP contribution in [0.2, 0.25) is 0 Å². The standard InChI is InChI=1S/C13H22N2O2/c1-4-9(2)15-11(16)7-10(12(15)17)14-8-13(3)5-6-13/h9-10,14H,4-8H2,1-3H3. The van der Waals surface area contributed by atoms with Crippen LogP contribution in [-0.4, -0.2) is 35.3 Å². The first kappa shape index (κ1) is 12.6. The molecule has 1 saturated heterocycles. The maximum atomic E-state index is 12.1. The monoisotopic (exact) mass is 238 g/mol. The minimum atomic E-state index is -0.283. The van der Waals surface area contributed by atoms with Crippen molar-refractivity contribution < 1.29 is 9.59 Å². The van der Waals surface area contributed by atoms with Crippen LogP contribution in [-0.2, 0) is 9.59 Å². The van der Waals surface area contributed by atoms with E-state index >= 15 is 0 Å². The van der Waals surface area contributed by atoms with Gasteiger partial charge in [0, 0.05) is 12.6 Å². The molecular weight excluding hydrogens is 216 g/mol. The lowest BCUT2D eigenvalue weighted by molar-refractivity contribution is -0.141. The first-order chi connectivity index (χ1) is 7.97. The fourth-order valence-corrected chi connectivity index (χ4v) is 2.22. The predicted octanol–water partition coefficient (Wildman–Crippen LogP) is 1.30. The number of amides is 2. The molecule has 1 saturated carbocycles. The van der Waals surface area contributed by atoms with E-state index in [0.29, 0.717) is 11.8 Å². The molecule has 4 heteroatoms. The maximum absolute atomic E-state index is 12.1. The van der Waals surface area contributed by atoms with Gasteiger partial charge in [-0.25, -0.2) is 0 Å². The molecule has 2 atom stereocenters. The lowest BCUT2D eigenvalue weighted by Gasteiger charge is -2.22. The molecular formula is C13H22N2O2. The molecule has 1 aliphatic heterocycles. The van der Waals surface area contributed by atoms with Gasteiger partial charge in [0.25, 0.3) is 0 Å². The average Bonchev–Trinajstić information content (AvgIpc) is 2.95. The van der Waals surface area contributed by atoms with Gasteiger partial charge in [0.05, 0.1) is 12.5 Å². The van der Waals surface area contributed by atoms with Gasteiger partial charge in [-0.2, -0.15) is 0 Å². The minimum absolute atomic E-state index is 0.0252. The predicted molar refractivity (Wildman–Crippen MR) is 65.4 cm³/mol. The third-order valence-electron chi connectivity index (χ3n) is 4.09. The Balaban J connectivity index is 1.93. The van der Waals surface area contributed by atoms with Gasteiger partial charge in [-0.3, -0.25) is 14.5 Å². The van der Waals surface area contributed by atoms with Crippen molar-refractivity contribution >= 4 is 11.8 Å². The highest BCUT2D eigenvalue weighted by molar-refractivity contribution is 6.05. The van der Waals surface area contributed by atoms with E-state index in [4.69, 9.17) is 0 Å². The van der Waals surface area contributed by atoms with Crippen LogP contribution < -0.4 is 5.32 Å². The SMILES string of the molecule is CCC(C)N1C(=O)CC(NCC2(C)CC2)C1=O. The molecule has 1 heterocycles. The maximum Gasteiger partial charge on any atom is 0.247 e. The molecule has 4 nitrogen and oxygen atoms in total. The number of nitrogens with zero attached hydrogens (tertiary/aromatic N) is 1. The first-order valence-electron chi connectivity index (χ1n) is 6.56. The Labute approximate surface area is 103 Å². The van der Waals surface area contributed by atoms with Crippen molar-refractivity contribution in [2.45, 2.75) is 58.5 Å². The number of carbonyl (C=O) groups is 2. The van der Waals surface area contributed by atoms with Crippen LogP contribution in [0.25, 0.3) is 0 Å². The van der Waals surface area contributed by atoms with Crippen LogP contribution in [0.15, 0.2) is 0 Å². The van der Waals surface area contributed by atoms with Crippen molar-refractivity contribution in [1.82, 2.24) is 10.2 Å². The number of imide groups is 1. The fourth-order valence-electron chi connectivity index (χ4n) is 2.22. The molecule has 2 rings (SSSR count). The zero-order valence-corrected chi connectivity index (χ0v) is 11.0. The van der Waals surface area contributed by atoms with Crippen molar-refractivity contribution in [3.8, 4) is 0 Å². The number of likely N-dealkylation sites (tertiary alicyclic amines) is 1. The number of carbonyl (C=O) groups excluding carboxylic acids is 2. The van der Waals surface area contributed by atoms with Crippen LogP contribution in [0.3, 0.4) is 0 Å². The van der Waals surface area contributed by atoms with E-state index in [1.54, 1.807) is 0 Å². The summed E-state index contributed by atoms with van der Waals surface area (Å²) in [7, 11) is 0. The molecule has 0 aromatic rings. The largest absolute Gasteiger partial charge is 0.305 e. The normalized spacial score (nSPS) is 28.6. The summed E-state index contributed by atoms with van der Waals surface area (Å²) in [5.41, 5.74) is 0.368. The zero-order chi connectivity index (χ0) is 12.6. The average molecular weight is 238 g/mol. The summed E-state index contributed by atoms with van der Waals surface area (Å²) in [5.74, 6) is -0.0589.